The molecule has 0 spiro atoms. The van der Waals surface area contributed by atoms with Crippen LogP contribution in [0.5, 0.6) is 5.75 Å². The molecule has 3 aromatic rings. The van der Waals surface area contributed by atoms with Crippen LogP contribution in [0.25, 0.3) is 5.69 Å². The molecule has 1 heterocycles. The molecule has 1 N–H and O–H groups in total. The second-order valence-corrected chi connectivity index (χ2v) is 6.36. The molecule has 7 nitrogen and oxygen atoms in total. The van der Waals surface area contributed by atoms with E-state index in [1.807, 2.05) is 54.6 Å². The zero-order valence-corrected chi connectivity index (χ0v) is 15.1. The van der Waals surface area contributed by atoms with Gasteiger partial charge in [0, 0.05) is 6.54 Å². The highest BCUT2D eigenvalue weighted by molar-refractivity contribution is 7.99. The van der Waals surface area contributed by atoms with Crippen LogP contribution in [-0.2, 0) is 11.2 Å². The molecule has 0 saturated heterocycles. The number of ether oxygens (including phenoxy) is 1. The summed E-state index contributed by atoms with van der Waals surface area (Å²) in [5.74, 6) is 0.846. The van der Waals surface area contributed by atoms with Crippen LogP contribution in [0.1, 0.15) is 5.56 Å². The fourth-order valence-corrected chi connectivity index (χ4v) is 3.11. The number of aromatic nitrogens is 4. The van der Waals surface area contributed by atoms with Crippen molar-refractivity contribution in [1.82, 2.24) is 25.5 Å². The van der Waals surface area contributed by atoms with Crippen LogP contribution in [0.2, 0.25) is 0 Å². The van der Waals surface area contributed by atoms with Crippen molar-refractivity contribution in [3.05, 3.63) is 60.2 Å². The maximum Gasteiger partial charge on any atom is 0.230 e. The molecule has 1 amide bonds. The monoisotopic (exact) mass is 369 g/mol. The lowest BCUT2D eigenvalue weighted by atomic mass is 10.1. The van der Waals surface area contributed by atoms with Gasteiger partial charge in [0.1, 0.15) is 11.4 Å². The Labute approximate surface area is 155 Å². The topological polar surface area (TPSA) is 81.9 Å². The first-order valence-corrected chi connectivity index (χ1v) is 9.11. The predicted molar refractivity (Wildman–Crippen MR) is 99.6 cm³/mol. The van der Waals surface area contributed by atoms with Gasteiger partial charge in [-0.1, -0.05) is 54.2 Å². The number of tetrazole rings is 1. The summed E-state index contributed by atoms with van der Waals surface area (Å²) in [5.41, 5.74) is 1.92. The molecule has 0 radical (unpaired) electrons. The first-order chi connectivity index (χ1) is 12.8. The van der Waals surface area contributed by atoms with Gasteiger partial charge in [-0.15, -0.1) is 5.10 Å². The summed E-state index contributed by atoms with van der Waals surface area (Å²) >= 11 is 1.28. The van der Waals surface area contributed by atoms with Gasteiger partial charge < -0.3 is 10.1 Å². The largest absolute Gasteiger partial charge is 0.494 e. The average molecular weight is 369 g/mol. The van der Waals surface area contributed by atoms with E-state index >= 15 is 0 Å². The SMILES string of the molecule is COc1ccccc1-n1nnnc1SCC(=O)NCCc1ccccc1. The normalized spacial score (nSPS) is 10.5. The summed E-state index contributed by atoms with van der Waals surface area (Å²) in [6.07, 6.45) is 0.802. The second-order valence-electron chi connectivity index (χ2n) is 5.42. The molecule has 134 valence electrons. The van der Waals surface area contributed by atoms with E-state index in [0.29, 0.717) is 17.5 Å². The third kappa shape index (κ3) is 4.60. The number of carbonyl (C=O) groups excluding carboxylic acids is 1. The van der Waals surface area contributed by atoms with Gasteiger partial charge in [0.25, 0.3) is 0 Å². The Morgan fingerprint density at radius 3 is 2.73 bits per heavy atom. The Bertz CT molecular complexity index is 854. The lowest BCUT2D eigenvalue weighted by molar-refractivity contribution is -0.118. The maximum absolute atomic E-state index is 12.1. The molecular weight excluding hydrogens is 350 g/mol. The summed E-state index contributed by atoms with van der Waals surface area (Å²) < 4.78 is 6.91. The van der Waals surface area contributed by atoms with E-state index in [-0.39, 0.29) is 11.7 Å². The van der Waals surface area contributed by atoms with Crippen molar-refractivity contribution < 1.29 is 9.53 Å². The third-order valence-corrected chi connectivity index (χ3v) is 4.58. The Hall–Kier alpha value is -2.87. The predicted octanol–water partition coefficient (Wildman–Crippen LogP) is 2.12. The van der Waals surface area contributed by atoms with E-state index in [1.54, 1.807) is 11.8 Å². The smallest absolute Gasteiger partial charge is 0.230 e. The molecular formula is C18H19N5O2S. The number of hydrogen-bond donors (Lipinski definition) is 1. The lowest BCUT2D eigenvalue weighted by Crippen LogP contribution is -2.27. The van der Waals surface area contributed by atoms with E-state index in [2.05, 4.69) is 20.8 Å². The van der Waals surface area contributed by atoms with Crippen molar-refractivity contribution in [2.45, 2.75) is 11.6 Å². The number of benzene rings is 2. The molecule has 0 aliphatic heterocycles. The fourth-order valence-electron chi connectivity index (χ4n) is 2.40. The number of amides is 1. The van der Waals surface area contributed by atoms with E-state index in [9.17, 15) is 4.79 Å². The van der Waals surface area contributed by atoms with Crippen LogP contribution >= 0.6 is 11.8 Å². The molecule has 8 heteroatoms. The molecule has 2 aromatic carbocycles. The van der Waals surface area contributed by atoms with Gasteiger partial charge in [0.2, 0.25) is 11.1 Å². The zero-order chi connectivity index (χ0) is 18.2. The van der Waals surface area contributed by atoms with Crippen LogP contribution in [0.15, 0.2) is 59.8 Å². The molecule has 0 atom stereocenters. The molecule has 0 bridgehead atoms. The van der Waals surface area contributed by atoms with Crippen molar-refractivity contribution in [3.8, 4) is 11.4 Å². The molecule has 26 heavy (non-hydrogen) atoms. The first kappa shape index (κ1) is 17.9. The van der Waals surface area contributed by atoms with Crippen molar-refractivity contribution in [2.24, 2.45) is 0 Å². The van der Waals surface area contributed by atoms with Gasteiger partial charge >= 0.3 is 0 Å². The van der Waals surface area contributed by atoms with Gasteiger partial charge in [-0.25, -0.2) is 0 Å². The Balaban J connectivity index is 1.54. The van der Waals surface area contributed by atoms with E-state index in [4.69, 9.17) is 4.74 Å². The highest BCUT2D eigenvalue weighted by Gasteiger charge is 2.14. The van der Waals surface area contributed by atoms with Crippen LogP contribution in [-0.4, -0.2) is 45.5 Å². The second kappa shape index (κ2) is 9.00. The lowest BCUT2D eigenvalue weighted by Gasteiger charge is -2.09. The Morgan fingerprint density at radius 2 is 1.92 bits per heavy atom. The van der Waals surface area contributed by atoms with E-state index < -0.39 is 0 Å². The molecule has 3 rings (SSSR count). The molecule has 0 unspecified atom stereocenters. The highest BCUT2D eigenvalue weighted by Crippen LogP contribution is 2.25. The summed E-state index contributed by atoms with van der Waals surface area (Å²) in [6.45, 7) is 0.598. The number of methoxy groups -OCH3 is 1. The number of nitrogens with one attached hydrogen (secondary N) is 1. The standard InChI is InChI=1S/C18H19N5O2S/c1-25-16-10-6-5-9-15(16)23-18(20-21-22-23)26-13-17(24)19-12-11-14-7-3-2-4-8-14/h2-10H,11-13H2,1H3,(H,19,24). The van der Waals surface area contributed by atoms with Crippen molar-refractivity contribution in [1.29, 1.82) is 0 Å². The van der Waals surface area contributed by atoms with Gasteiger partial charge in [-0.05, 0) is 34.5 Å². The molecule has 1 aromatic heterocycles. The minimum absolute atomic E-state index is 0.0551. The summed E-state index contributed by atoms with van der Waals surface area (Å²) in [5, 5.41) is 15.2. The molecule has 0 saturated carbocycles. The minimum atomic E-state index is -0.0551. The van der Waals surface area contributed by atoms with Gasteiger partial charge in [-0.3, -0.25) is 4.79 Å². The Morgan fingerprint density at radius 1 is 1.15 bits per heavy atom. The van der Waals surface area contributed by atoms with Gasteiger partial charge in [0.15, 0.2) is 0 Å². The molecule has 0 fully saturated rings. The van der Waals surface area contributed by atoms with Crippen LogP contribution in [0, 0.1) is 0 Å². The first-order valence-electron chi connectivity index (χ1n) is 8.13. The fraction of sp³-hybridized carbons (Fsp3) is 0.222. The number of nitrogens with zero attached hydrogens (tertiary/aromatic N) is 4. The summed E-state index contributed by atoms with van der Waals surface area (Å²) in [4.78, 5) is 12.1. The van der Waals surface area contributed by atoms with E-state index in [0.717, 1.165) is 12.1 Å². The van der Waals surface area contributed by atoms with Crippen LogP contribution in [0.3, 0.4) is 0 Å². The van der Waals surface area contributed by atoms with E-state index in [1.165, 1.54) is 17.3 Å². The summed E-state index contributed by atoms with van der Waals surface area (Å²) in [6, 6.07) is 17.5. The third-order valence-electron chi connectivity index (χ3n) is 3.67. The number of para-hydroxylation sites is 2. The minimum Gasteiger partial charge on any atom is -0.494 e. The quantitative estimate of drug-likeness (QED) is 0.613. The zero-order valence-electron chi connectivity index (χ0n) is 14.3. The molecule has 0 aliphatic carbocycles. The van der Waals surface area contributed by atoms with Crippen LogP contribution in [0.4, 0.5) is 0 Å². The maximum atomic E-state index is 12.1. The Kier molecular flexibility index (Phi) is 6.21. The number of hydrogen-bond acceptors (Lipinski definition) is 6. The van der Waals surface area contributed by atoms with Gasteiger partial charge in [0.05, 0.1) is 12.9 Å². The van der Waals surface area contributed by atoms with Gasteiger partial charge in [-0.2, -0.15) is 4.68 Å². The average Bonchev–Trinajstić information content (AvgIpc) is 3.15. The summed E-state index contributed by atoms with van der Waals surface area (Å²) in [7, 11) is 1.59. The molecule has 0 aliphatic rings. The number of thioether (sulfide) groups is 1. The highest BCUT2D eigenvalue weighted by atomic mass is 32.2. The van der Waals surface area contributed by atoms with Crippen LogP contribution < -0.4 is 10.1 Å². The van der Waals surface area contributed by atoms with Crippen molar-refractivity contribution in [2.75, 3.05) is 19.4 Å². The number of carbonyl (C=O) groups is 1. The number of rotatable bonds is 8. The van der Waals surface area contributed by atoms with Crippen molar-refractivity contribution in [3.63, 3.8) is 0 Å². The van der Waals surface area contributed by atoms with Crippen molar-refractivity contribution >= 4 is 17.7 Å².